The number of phenolic OH excluding ortho intramolecular Hbond substituents is 1. The lowest BCUT2D eigenvalue weighted by atomic mass is 10.0. The van der Waals surface area contributed by atoms with Gasteiger partial charge in [-0.1, -0.05) is 60.7 Å². The summed E-state index contributed by atoms with van der Waals surface area (Å²) in [6, 6.07) is 19.0. The van der Waals surface area contributed by atoms with E-state index in [1.807, 2.05) is 30.3 Å². The molecule has 1 aromatic heterocycles. The third kappa shape index (κ3) is 7.95. The molecule has 0 fully saturated rings. The Balaban J connectivity index is 1.56. The van der Waals surface area contributed by atoms with Crippen LogP contribution >= 0.6 is 0 Å². The summed E-state index contributed by atoms with van der Waals surface area (Å²) in [5.74, 6) is -3.09. The maximum absolute atomic E-state index is 13.6. The fourth-order valence-corrected chi connectivity index (χ4v) is 4.65. The Hall–Kier alpha value is -5.16. The highest BCUT2D eigenvalue weighted by Crippen LogP contribution is 2.19. The molecular formula is C31H33N5O6. The van der Waals surface area contributed by atoms with Crippen molar-refractivity contribution in [3.63, 3.8) is 0 Å². The Morgan fingerprint density at radius 1 is 0.714 bits per heavy atom. The maximum Gasteiger partial charge on any atom is 0.326 e. The summed E-state index contributed by atoms with van der Waals surface area (Å²) in [7, 11) is 0. The van der Waals surface area contributed by atoms with E-state index in [1.165, 1.54) is 12.1 Å². The summed E-state index contributed by atoms with van der Waals surface area (Å²) < 4.78 is 0. The number of carboxylic acids is 1. The number of hydrogen-bond donors (Lipinski definition) is 7. The zero-order valence-electron chi connectivity index (χ0n) is 22.7. The van der Waals surface area contributed by atoms with Crippen LogP contribution in [0.4, 0.5) is 0 Å². The van der Waals surface area contributed by atoms with Crippen molar-refractivity contribution in [2.75, 3.05) is 6.54 Å². The number of benzene rings is 3. The third-order valence-electron chi connectivity index (χ3n) is 6.84. The summed E-state index contributed by atoms with van der Waals surface area (Å²) in [5, 5.41) is 28.1. The van der Waals surface area contributed by atoms with Gasteiger partial charge in [-0.05, 0) is 34.9 Å². The van der Waals surface area contributed by atoms with Crippen LogP contribution in [0.1, 0.15) is 16.7 Å². The molecule has 4 aromatic rings. The van der Waals surface area contributed by atoms with Crippen LogP contribution in [0.2, 0.25) is 0 Å². The van der Waals surface area contributed by atoms with E-state index in [1.54, 1.807) is 42.6 Å². The van der Waals surface area contributed by atoms with E-state index in [0.717, 1.165) is 22.0 Å². The second-order valence-corrected chi connectivity index (χ2v) is 9.91. The van der Waals surface area contributed by atoms with Crippen LogP contribution in [0, 0.1) is 0 Å². The number of nitrogens with one attached hydrogen (secondary N) is 4. The van der Waals surface area contributed by atoms with Gasteiger partial charge in [-0.3, -0.25) is 14.4 Å². The summed E-state index contributed by atoms with van der Waals surface area (Å²) in [5.41, 5.74) is 8.49. The van der Waals surface area contributed by atoms with Crippen molar-refractivity contribution in [3.8, 4) is 5.75 Å². The maximum atomic E-state index is 13.6. The van der Waals surface area contributed by atoms with E-state index in [0.29, 0.717) is 5.56 Å². The van der Waals surface area contributed by atoms with Crippen molar-refractivity contribution in [1.82, 2.24) is 20.9 Å². The number of phenols is 1. The number of aliphatic carboxylic acids is 1. The predicted octanol–water partition coefficient (Wildman–Crippen LogP) is 1.40. The molecule has 4 rings (SSSR count). The second-order valence-electron chi connectivity index (χ2n) is 9.91. The zero-order chi connectivity index (χ0) is 30.1. The van der Waals surface area contributed by atoms with Crippen molar-refractivity contribution in [1.29, 1.82) is 0 Å². The predicted molar refractivity (Wildman–Crippen MR) is 156 cm³/mol. The van der Waals surface area contributed by atoms with Crippen molar-refractivity contribution in [2.24, 2.45) is 5.73 Å². The molecule has 3 aromatic carbocycles. The van der Waals surface area contributed by atoms with Crippen LogP contribution in [0.5, 0.6) is 5.75 Å². The first-order valence-corrected chi connectivity index (χ1v) is 13.4. The number of aromatic amines is 1. The largest absolute Gasteiger partial charge is 0.508 e. The van der Waals surface area contributed by atoms with Crippen LogP contribution in [-0.4, -0.2) is 63.6 Å². The number of H-pyrrole nitrogens is 1. The minimum Gasteiger partial charge on any atom is -0.508 e. The van der Waals surface area contributed by atoms with Gasteiger partial charge in [0.1, 0.15) is 23.9 Å². The van der Waals surface area contributed by atoms with Crippen molar-refractivity contribution < 1.29 is 29.4 Å². The van der Waals surface area contributed by atoms with Crippen molar-refractivity contribution >= 4 is 34.6 Å². The normalized spacial score (nSPS) is 13.1. The Morgan fingerprint density at radius 3 is 1.95 bits per heavy atom. The number of aromatic hydroxyl groups is 1. The zero-order valence-corrected chi connectivity index (χ0v) is 22.7. The first-order valence-electron chi connectivity index (χ1n) is 13.4. The molecule has 0 saturated carbocycles. The number of carboxylic acid groups (broad SMARTS) is 1. The minimum absolute atomic E-state index is 0.0317. The molecule has 0 radical (unpaired) electrons. The van der Waals surface area contributed by atoms with Gasteiger partial charge in [0.15, 0.2) is 0 Å². The van der Waals surface area contributed by atoms with Crippen LogP contribution in [0.25, 0.3) is 10.9 Å². The lowest BCUT2D eigenvalue weighted by Gasteiger charge is -2.25. The van der Waals surface area contributed by atoms with Gasteiger partial charge >= 0.3 is 5.97 Å². The Kier molecular flexibility index (Phi) is 9.90. The van der Waals surface area contributed by atoms with Crippen LogP contribution in [0.3, 0.4) is 0 Å². The van der Waals surface area contributed by atoms with Crippen molar-refractivity contribution in [3.05, 3.63) is 102 Å². The molecule has 218 valence electrons. The lowest BCUT2D eigenvalue weighted by Crippen LogP contribution is -2.57. The number of para-hydroxylation sites is 1. The van der Waals surface area contributed by atoms with E-state index in [9.17, 15) is 29.4 Å². The standard InChI is InChI=1S/C31H33N5O6/c32-17-28(38)34-26(16-21-18-33-24-9-5-4-8-23(21)24)30(40)35-25(14-19-6-2-1-3-7-19)29(39)36-27(31(41)42)15-20-10-12-22(37)13-11-20/h1-13,18,25-27,33,37H,14-17,32H2,(H,34,38)(H,35,40)(H,36,39)(H,41,42). The molecule has 42 heavy (non-hydrogen) atoms. The molecule has 0 aliphatic rings. The molecule has 3 atom stereocenters. The molecule has 11 nitrogen and oxygen atoms in total. The highest BCUT2D eigenvalue weighted by Gasteiger charge is 2.30. The molecule has 1 heterocycles. The number of carbonyl (C=O) groups is 4. The lowest BCUT2D eigenvalue weighted by molar-refractivity contribution is -0.142. The van der Waals surface area contributed by atoms with Crippen LogP contribution < -0.4 is 21.7 Å². The number of nitrogens with two attached hydrogens (primary N) is 1. The Morgan fingerprint density at radius 2 is 1.29 bits per heavy atom. The topological polar surface area (TPSA) is 187 Å². The van der Waals surface area contributed by atoms with E-state index in [-0.39, 0.29) is 31.6 Å². The molecule has 3 amide bonds. The average Bonchev–Trinajstić information content (AvgIpc) is 3.40. The molecule has 0 saturated heterocycles. The molecule has 0 bridgehead atoms. The monoisotopic (exact) mass is 571 g/mol. The number of carbonyl (C=O) groups excluding carboxylic acids is 3. The molecule has 11 heteroatoms. The Labute approximate surface area is 242 Å². The summed E-state index contributed by atoms with van der Waals surface area (Å²) in [6.07, 6.45) is 1.92. The van der Waals surface area contributed by atoms with E-state index >= 15 is 0 Å². The number of fused-ring (bicyclic) bond motifs is 1. The van der Waals surface area contributed by atoms with Gasteiger partial charge in [-0.2, -0.15) is 0 Å². The minimum atomic E-state index is -1.30. The van der Waals surface area contributed by atoms with Crippen LogP contribution in [0.15, 0.2) is 85.1 Å². The highest BCUT2D eigenvalue weighted by molar-refractivity contribution is 5.94. The first kappa shape index (κ1) is 29.8. The van der Waals surface area contributed by atoms with Gasteiger partial charge in [-0.15, -0.1) is 0 Å². The number of rotatable bonds is 13. The van der Waals surface area contributed by atoms with E-state index < -0.39 is 41.8 Å². The molecule has 0 spiro atoms. The van der Waals surface area contributed by atoms with Gasteiger partial charge in [0.25, 0.3) is 0 Å². The Bertz CT molecular complexity index is 1540. The third-order valence-corrected chi connectivity index (χ3v) is 6.84. The quantitative estimate of drug-likeness (QED) is 0.126. The summed E-state index contributed by atoms with van der Waals surface area (Å²) >= 11 is 0. The number of amides is 3. The van der Waals surface area contributed by atoms with Gasteiger partial charge in [-0.25, -0.2) is 4.79 Å². The van der Waals surface area contributed by atoms with Gasteiger partial charge in [0, 0.05) is 36.4 Å². The van der Waals surface area contributed by atoms with Crippen LogP contribution in [-0.2, 0) is 38.4 Å². The first-order chi connectivity index (χ1) is 20.2. The van der Waals surface area contributed by atoms with Gasteiger partial charge < -0.3 is 36.9 Å². The average molecular weight is 572 g/mol. The summed E-state index contributed by atoms with van der Waals surface area (Å²) in [6.45, 7) is -0.330. The fourth-order valence-electron chi connectivity index (χ4n) is 4.65. The van der Waals surface area contributed by atoms with Crippen molar-refractivity contribution in [2.45, 2.75) is 37.4 Å². The molecule has 8 N–H and O–H groups in total. The van der Waals surface area contributed by atoms with Gasteiger partial charge in [0.05, 0.1) is 6.54 Å². The number of aromatic nitrogens is 1. The van der Waals surface area contributed by atoms with E-state index in [2.05, 4.69) is 20.9 Å². The smallest absolute Gasteiger partial charge is 0.326 e. The molecular weight excluding hydrogens is 538 g/mol. The van der Waals surface area contributed by atoms with E-state index in [4.69, 9.17) is 5.73 Å². The summed E-state index contributed by atoms with van der Waals surface area (Å²) in [4.78, 5) is 54.5. The number of hydrogen-bond acceptors (Lipinski definition) is 6. The molecule has 0 aliphatic heterocycles. The SMILES string of the molecule is NCC(=O)NC(Cc1c[nH]c2ccccc12)C(=O)NC(Cc1ccccc1)C(=O)NC(Cc1ccc(O)cc1)C(=O)O. The highest BCUT2D eigenvalue weighted by atomic mass is 16.4. The van der Waals surface area contributed by atoms with Gasteiger partial charge in [0.2, 0.25) is 17.7 Å². The fraction of sp³-hybridized carbons (Fsp3) is 0.226. The molecule has 0 aliphatic carbocycles. The second kappa shape index (κ2) is 14.0. The molecule has 3 unspecified atom stereocenters.